The van der Waals surface area contributed by atoms with Crippen LogP contribution in [0.25, 0.3) is 0 Å². The molecule has 0 aliphatic rings. The number of alkyl halides is 1. The zero-order valence-corrected chi connectivity index (χ0v) is 6.37. The van der Waals surface area contributed by atoms with Crippen molar-refractivity contribution in [2.75, 3.05) is 5.88 Å². The Balaban J connectivity index is 3.56. The van der Waals surface area contributed by atoms with E-state index in [-0.39, 0.29) is 0 Å². The van der Waals surface area contributed by atoms with Crippen LogP contribution in [0.5, 0.6) is 0 Å². The topological polar surface area (TPSA) is 26.3 Å². The summed E-state index contributed by atoms with van der Waals surface area (Å²) in [6.07, 6.45) is 1.22. The second-order valence-electron chi connectivity index (χ2n) is 1.45. The minimum absolute atomic E-state index is 0.337. The molecule has 0 saturated heterocycles. The van der Waals surface area contributed by atoms with Gasteiger partial charge in [-0.1, -0.05) is 0 Å². The fourth-order valence-corrected chi connectivity index (χ4v) is 0.286. The standard InChI is InChI=1S/C5H6Cl2O2/c1-4(2-6)3-9-5(7)8/h3H,2H2,1H3/b4-3-. The first-order valence-electron chi connectivity index (χ1n) is 2.24. The Kier molecular flexibility index (Phi) is 4.54. The molecule has 0 rings (SSSR count). The molecule has 0 atom stereocenters. The number of ether oxygens (including phenoxy) is 1. The fraction of sp³-hybridized carbons (Fsp3) is 0.400. The van der Waals surface area contributed by atoms with Crippen molar-refractivity contribution >= 4 is 28.6 Å². The molecule has 0 bridgehead atoms. The molecular weight excluding hydrogens is 163 g/mol. The third-order valence-corrected chi connectivity index (χ3v) is 1.07. The van der Waals surface area contributed by atoms with Crippen molar-refractivity contribution in [2.45, 2.75) is 6.92 Å². The molecule has 0 aliphatic heterocycles. The quantitative estimate of drug-likeness (QED) is 0.360. The normalized spacial score (nSPS) is 11.2. The maximum absolute atomic E-state index is 9.92. The second-order valence-corrected chi connectivity index (χ2v) is 2.03. The van der Waals surface area contributed by atoms with Gasteiger partial charge in [-0.15, -0.1) is 11.6 Å². The summed E-state index contributed by atoms with van der Waals surface area (Å²) in [6.45, 7) is 1.73. The minimum atomic E-state index is -0.848. The van der Waals surface area contributed by atoms with Gasteiger partial charge in [0.15, 0.2) is 0 Å². The van der Waals surface area contributed by atoms with Gasteiger partial charge in [0, 0.05) is 17.5 Å². The third-order valence-electron chi connectivity index (χ3n) is 0.564. The molecule has 0 radical (unpaired) electrons. The van der Waals surface area contributed by atoms with E-state index in [1.165, 1.54) is 6.26 Å². The van der Waals surface area contributed by atoms with Crippen LogP contribution in [-0.2, 0) is 4.74 Å². The molecule has 0 aromatic heterocycles. The monoisotopic (exact) mass is 168 g/mol. The number of hydrogen-bond acceptors (Lipinski definition) is 2. The lowest BCUT2D eigenvalue weighted by atomic mass is 10.4. The Labute approximate surface area is 63.4 Å². The van der Waals surface area contributed by atoms with Gasteiger partial charge in [-0.05, 0) is 12.5 Å². The van der Waals surface area contributed by atoms with Crippen molar-refractivity contribution in [2.24, 2.45) is 0 Å². The maximum Gasteiger partial charge on any atom is 0.408 e. The van der Waals surface area contributed by atoms with Crippen molar-refractivity contribution < 1.29 is 9.53 Å². The molecule has 0 amide bonds. The predicted molar refractivity (Wildman–Crippen MR) is 36.8 cm³/mol. The van der Waals surface area contributed by atoms with Gasteiger partial charge in [-0.2, -0.15) is 0 Å². The summed E-state index contributed by atoms with van der Waals surface area (Å²) in [7, 11) is 0. The van der Waals surface area contributed by atoms with E-state index in [2.05, 4.69) is 4.74 Å². The number of carbonyl (C=O) groups is 1. The number of hydrogen-bond donors (Lipinski definition) is 0. The lowest BCUT2D eigenvalue weighted by Crippen LogP contribution is -1.86. The molecule has 0 spiro atoms. The number of carbonyl (C=O) groups excluding carboxylic acids is 1. The molecule has 0 aromatic rings. The first kappa shape index (κ1) is 8.79. The van der Waals surface area contributed by atoms with Crippen LogP contribution in [0, 0.1) is 0 Å². The van der Waals surface area contributed by atoms with Crippen LogP contribution in [0.1, 0.15) is 6.92 Å². The molecule has 0 fully saturated rings. The molecule has 0 N–H and O–H groups in total. The summed E-state index contributed by atoms with van der Waals surface area (Å²) >= 11 is 10.2. The van der Waals surface area contributed by atoms with Gasteiger partial charge < -0.3 is 4.74 Å². The van der Waals surface area contributed by atoms with E-state index in [0.29, 0.717) is 5.88 Å². The fourth-order valence-electron chi connectivity index (χ4n) is 0.178. The van der Waals surface area contributed by atoms with E-state index in [9.17, 15) is 4.79 Å². The molecule has 4 heteroatoms. The summed E-state index contributed by atoms with van der Waals surface area (Å²) in [5.74, 6) is 0.337. The number of allylic oxidation sites excluding steroid dienone is 1. The highest BCUT2D eigenvalue weighted by atomic mass is 35.5. The van der Waals surface area contributed by atoms with Crippen LogP contribution in [0.2, 0.25) is 0 Å². The van der Waals surface area contributed by atoms with Crippen molar-refractivity contribution in [1.82, 2.24) is 0 Å². The van der Waals surface area contributed by atoms with Crippen LogP contribution < -0.4 is 0 Å². The van der Waals surface area contributed by atoms with E-state index in [4.69, 9.17) is 23.2 Å². The van der Waals surface area contributed by atoms with E-state index in [1.54, 1.807) is 6.92 Å². The minimum Gasteiger partial charge on any atom is -0.422 e. The van der Waals surface area contributed by atoms with E-state index < -0.39 is 5.43 Å². The average molecular weight is 169 g/mol. The van der Waals surface area contributed by atoms with E-state index in [0.717, 1.165) is 5.57 Å². The van der Waals surface area contributed by atoms with Gasteiger partial charge in [0.2, 0.25) is 0 Å². The summed E-state index contributed by atoms with van der Waals surface area (Å²) < 4.78 is 4.27. The molecule has 9 heavy (non-hydrogen) atoms. The Hall–Kier alpha value is -0.210. The first-order chi connectivity index (χ1) is 4.16. The van der Waals surface area contributed by atoms with Gasteiger partial charge in [0.25, 0.3) is 0 Å². The molecular formula is C5H6Cl2O2. The first-order valence-corrected chi connectivity index (χ1v) is 3.15. The van der Waals surface area contributed by atoms with Gasteiger partial charge in [-0.3, -0.25) is 0 Å². The van der Waals surface area contributed by atoms with Crippen LogP contribution in [0.4, 0.5) is 4.79 Å². The number of rotatable bonds is 2. The Bertz CT molecular complexity index is 131. The summed E-state index contributed by atoms with van der Waals surface area (Å²) in [5, 5.41) is 0. The SMILES string of the molecule is C/C(=C/OC(=O)Cl)CCl. The van der Waals surface area contributed by atoms with Gasteiger partial charge >= 0.3 is 5.43 Å². The van der Waals surface area contributed by atoms with Gasteiger partial charge in [0.1, 0.15) is 0 Å². The molecule has 2 nitrogen and oxygen atoms in total. The van der Waals surface area contributed by atoms with Crippen LogP contribution in [-0.4, -0.2) is 11.3 Å². The van der Waals surface area contributed by atoms with Gasteiger partial charge in [0.05, 0.1) is 6.26 Å². The average Bonchev–Trinajstić information content (AvgIpc) is 1.83. The highest BCUT2D eigenvalue weighted by Crippen LogP contribution is 1.97. The highest BCUT2D eigenvalue weighted by molar-refractivity contribution is 6.61. The van der Waals surface area contributed by atoms with Crippen LogP contribution in [0.3, 0.4) is 0 Å². The van der Waals surface area contributed by atoms with E-state index >= 15 is 0 Å². The molecule has 0 aromatic carbocycles. The zero-order chi connectivity index (χ0) is 7.28. The van der Waals surface area contributed by atoms with Crippen molar-refractivity contribution in [3.05, 3.63) is 11.8 Å². The maximum atomic E-state index is 9.92. The van der Waals surface area contributed by atoms with Crippen molar-refractivity contribution in [3.63, 3.8) is 0 Å². The van der Waals surface area contributed by atoms with Crippen LogP contribution in [0.15, 0.2) is 11.8 Å². The predicted octanol–water partition coefficient (Wildman–Crippen LogP) is 2.50. The van der Waals surface area contributed by atoms with Crippen molar-refractivity contribution in [3.8, 4) is 0 Å². The lowest BCUT2D eigenvalue weighted by Gasteiger charge is -1.91. The second kappa shape index (κ2) is 4.65. The lowest BCUT2D eigenvalue weighted by molar-refractivity contribution is 0.211. The molecule has 0 saturated carbocycles. The zero-order valence-electron chi connectivity index (χ0n) is 4.86. The summed E-state index contributed by atoms with van der Waals surface area (Å²) in [4.78, 5) is 9.92. The number of halogens is 2. The highest BCUT2D eigenvalue weighted by Gasteiger charge is 1.90. The molecule has 0 unspecified atom stereocenters. The van der Waals surface area contributed by atoms with Crippen LogP contribution >= 0.6 is 23.2 Å². The Morgan fingerprint density at radius 1 is 1.78 bits per heavy atom. The molecule has 0 aliphatic carbocycles. The Morgan fingerprint density at radius 3 is 2.67 bits per heavy atom. The third kappa shape index (κ3) is 5.66. The smallest absolute Gasteiger partial charge is 0.408 e. The van der Waals surface area contributed by atoms with Crippen molar-refractivity contribution in [1.29, 1.82) is 0 Å². The van der Waals surface area contributed by atoms with Gasteiger partial charge in [-0.25, -0.2) is 4.79 Å². The molecule has 0 heterocycles. The summed E-state index contributed by atoms with van der Waals surface area (Å²) in [5.41, 5.74) is -0.0925. The van der Waals surface area contributed by atoms with E-state index in [1.807, 2.05) is 0 Å². The summed E-state index contributed by atoms with van der Waals surface area (Å²) in [6, 6.07) is 0. The molecule has 52 valence electrons. The Morgan fingerprint density at radius 2 is 2.33 bits per heavy atom. The largest absolute Gasteiger partial charge is 0.422 e.